The van der Waals surface area contributed by atoms with Gasteiger partial charge in [-0.2, -0.15) is 10.1 Å². The van der Waals surface area contributed by atoms with Gasteiger partial charge >= 0.3 is 0 Å². The minimum absolute atomic E-state index is 0.0160. The van der Waals surface area contributed by atoms with E-state index in [1.165, 1.54) is 5.56 Å². The molecule has 186 valence electrons. The fourth-order valence-corrected chi connectivity index (χ4v) is 5.67. The summed E-state index contributed by atoms with van der Waals surface area (Å²) >= 11 is 0. The zero-order chi connectivity index (χ0) is 24.0. The Kier molecular flexibility index (Phi) is 5.72. The Labute approximate surface area is 203 Å². The van der Waals surface area contributed by atoms with Crippen LogP contribution >= 0.6 is 0 Å². The highest BCUT2D eigenvalue weighted by Gasteiger charge is 2.62. The molecule has 1 unspecified atom stereocenters. The maximum absolute atomic E-state index is 13.5. The summed E-state index contributed by atoms with van der Waals surface area (Å²) in [4.78, 5) is 11.1. The summed E-state index contributed by atoms with van der Waals surface area (Å²) in [5.41, 5.74) is 9.65. The van der Waals surface area contributed by atoms with Crippen LogP contribution < -0.4 is 15.8 Å². The fourth-order valence-electron chi connectivity index (χ4n) is 5.67. The van der Waals surface area contributed by atoms with Gasteiger partial charge in [-0.05, 0) is 43.2 Å². The highest BCUT2D eigenvalue weighted by Crippen LogP contribution is 2.64. The molecule has 1 aliphatic heterocycles. The molecule has 10 heteroatoms. The molecule has 2 aliphatic carbocycles. The molecule has 1 spiro atoms. The molecular weight excluding hydrogens is 449 g/mol. The van der Waals surface area contributed by atoms with Gasteiger partial charge < -0.3 is 20.5 Å². The molecule has 2 saturated carbocycles. The van der Waals surface area contributed by atoms with Gasteiger partial charge in [0.1, 0.15) is 23.0 Å². The molecule has 0 bridgehead atoms. The number of hydrogen-bond acceptors (Lipinski definition) is 8. The fraction of sp³-hybridized carbons (Fsp3) is 0.560. The average Bonchev–Trinajstić information content (AvgIpc) is 3.35. The summed E-state index contributed by atoms with van der Waals surface area (Å²) in [5.74, 6) is 2.15. The molecule has 1 aromatic carbocycles. The molecule has 9 nitrogen and oxygen atoms in total. The first-order chi connectivity index (χ1) is 17.0. The predicted octanol–water partition coefficient (Wildman–Crippen LogP) is 3.20. The van der Waals surface area contributed by atoms with Crippen LogP contribution in [0.1, 0.15) is 36.8 Å². The molecule has 35 heavy (non-hydrogen) atoms. The van der Waals surface area contributed by atoms with Crippen LogP contribution in [0.15, 0.2) is 24.4 Å². The third kappa shape index (κ3) is 4.40. The van der Waals surface area contributed by atoms with E-state index in [-0.39, 0.29) is 11.4 Å². The van der Waals surface area contributed by atoms with Crippen molar-refractivity contribution in [3.8, 4) is 5.75 Å². The molecular formula is C25H32FN7O2. The van der Waals surface area contributed by atoms with Gasteiger partial charge in [-0.1, -0.05) is 12.1 Å². The van der Waals surface area contributed by atoms with E-state index in [0.717, 1.165) is 68.8 Å². The molecule has 1 saturated heterocycles. The number of nitrogens with zero attached hydrogens (tertiary/aromatic N) is 5. The molecule has 3 heterocycles. The number of halogens is 1. The zero-order valence-corrected chi connectivity index (χ0v) is 20.0. The van der Waals surface area contributed by atoms with Gasteiger partial charge in [-0.15, -0.1) is 0 Å². The standard InChI is InChI=1S/C25H32FN7O2/c1-34-20-7-16(13-32-5-2-6-35-15-32)3-4-18(20)14-33-22-19(12-29-33)30-24(27)31-23(22)28-11-17-8-25(9-17)10-21(25)26/h3-4,7,12,17,21H,2,5-6,8-11,13-15H2,1H3,(H3,27,28,30,31). The van der Waals surface area contributed by atoms with Gasteiger partial charge in [-0.25, -0.2) is 9.37 Å². The van der Waals surface area contributed by atoms with Crippen molar-refractivity contribution >= 4 is 22.8 Å². The number of nitrogen functional groups attached to an aromatic ring is 1. The average molecular weight is 482 g/mol. The lowest BCUT2D eigenvalue weighted by Gasteiger charge is -2.35. The third-order valence-electron chi connectivity index (χ3n) is 7.66. The van der Waals surface area contributed by atoms with Crippen LogP contribution in [0.5, 0.6) is 5.75 Å². The Morgan fingerprint density at radius 2 is 2.11 bits per heavy atom. The van der Waals surface area contributed by atoms with Gasteiger partial charge in [0.15, 0.2) is 5.82 Å². The summed E-state index contributed by atoms with van der Waals surface area (Å²) in [5, 5.41) is 8.02. The Balaban J connectivity index is 1.20. The number of ether oxygens (including phenoxy) is 2. The number of nitrogens with one attached hydrogen (secondary N) is 1. The monoisotopic (exact) mass is 481 g/mol. The molecule has 0 amide bonds. The second-order valence-electron chi connectivity index (χ2n) is 10.2. The number of aromatic nitrogens is 4. The Morgan fingerprint density at radius 1 is 1.26 bits per heavy atom. The van der Waals surface area contributed by atoms with E-state index < -0.39 is 6.17 Å². The third-order valence-corrected chi connectivity index (χ3v) is 7.66. The quantitative estimate of drug-likeness (QED) is 0.506. The summed E-state index contributed by atoms with van der Waals surface area (Å²) < 4.78 is 26.7. The van der Waals surface area contributed by atoms with Gasteiger partial charge in [0.05, 0.1) is 26.6 Å². The summed E-state index contributed by atoms with van der Waals surface area (Å²) in [6, 6.07) is 6.31. The molecule has 0 radical (unpaired) electrons. The number of nitrogens with two attached hydrogens (primary N) is 1. The van der Waals surface area contributed by atoms with Crippen LogP contribution in [-0.4, -0.2) is 64.4 Å². The predicted molar refractivity (Wildman–Crippen MR) is 131 cm³/mol. The highest BCUT2D eigenvalue weighted by atomic mass is 19.1. The van der Waals surface area contributed by atoms with Crippen LogP contribution in [0.3, 0.4) is 0 Å². The molecule has 2 aromatic heterocycles. The number of anilines is 2. The maximum atomic E-state index is 13.5. The van der Waals surface area contributed by atoms with Crippen molar-refractivity contribution in [2.45, 2.75) is 44.9 Å². The van der Waals surface area contributed by atoms with Gasteiger partial charge in [-0.3, -0.25) is 9.58 Å². The van der Waals surface area contributed by atoms with Crippen LogP contribution in [0.2, 0.25) is 0 Å². The second kappa shape index (κ2) is 8.91. The van der Waals surface area contributed by atoms with Crippen molar-refractivity contribution in [3.05, 3.63) is 35.5 Å². The van der Waals surface area contributed by atoms with E-state index in [2.05, 4.69) is 43.5 Å². The van der Waals surface area contributed by atoms with Crippen molar-refractivity contribution < 1.29 is 13.9 Å². The Bertz CT molecular complexity index is 1220. The SMILES string of the molecule is COc1cc(CN2CCCOC2)ccc1Cn1ncc2nc(N)nc(NCC3CC4(C3)CC4F)c21. The van der Waals surface area contributed by atoms with E-state index in [9.17, 15) is 4.39 Å². The second-order valence-corrected chi connectivity index (χ2v) is 10.2. The van der Waals surface area contributed by atoms with Crippen molar-refractivity contribution in [3.63, 3.8) is 0 Å². The molecule has 3 fully saturated rings. The first-order valence-corrected chi connectivity index (χ1v) is 12.4. The minimum atomic E-state index is -0.601. The molecule has 1 atom stereocenters. The minimum Gasteiger partial charge on any atom is -0.496 e. The Hall–Kier alpha value is -2.98. The number of benzene rings is 1. The molecule has 3 aliphatic rings. The highest BCUT2D eigenvalue weighted by molar-refractivity contribution is 5.86. The van der Waals surface area contributed by atoms with Crippen LogP contribution in [0.4, 0.5) is 16.2 Å². The lowest BCUT2D eigenvalue weighted by atomic mass is 9.71. The molecule has 3 aromatic rings. The summed E-state index contributed by atoms with van der Waals surface area (Å²) in [6.07, 6.45) is 4.78. The topological polar surface area (TPSA) is 103 Å². The van der Waals surface area contributed by atoms with Crippen molar-refractivity contribution in [1.29, 1.82) is 0 Å². The van der Waals surface area contributed by atoms with E-state index in [0.29, 0.717) is 30.5 Å². The first-order valence-electron chi connectivity index (χ1n) is 12.4. The van der Waals surface area contributed by atoms with Crippen molar-refractivity contribution in [2.24, 2.45) is 11.3 Å². The van der Waals surface area contributed by atoms with E-state index in [1.807, 2.05) is 4.68 Å². The first kappa shape index (κ1) is 22.5. The number of hydrogen-bond donors (Lipinski definition) is 2. The smallest absolute Gasteiger partial charge is 0.222 e. The van der Waals surface area contributed by atoms with Crippen molar-refractivity contribution in [2.75, 3.05) is 44.6 Å². The Morgan fingerprint density at radius 3 is 2.86 bits per heavy atom. The van der Waals surface area contributed by atoms with Crippen LogP contribution in [0, 0.1) is 11.3 Å². The number of fused-ring (bicyclic) bond motifs is 1. The number of methoxy groups -OCH3 is 1. The summed E-state index contributed by atoms with van der Waals surface area (Å²) in [7, 11) is 1.69. The van der Waals surface area contributed by atoms with Crippen molar-refractivity contribution in [1.82, 2.24) is 24.6 Å². The largest absolute Gasteiger partial charge is 0.496 e. The molecule has 3 N–H and O–H groups in total. The van der Waals surface area contributed by atoms with Gasteiger partial charge in [0.2, 0.25) is 5.95 Å². The zero-order valence-electron chi connectivity index (χ0n) is 20.0. The normalized spacial score (nSPS) is 26.1. The van der Waals surface area contributed by atoms with Crippen LogP contribution in [0.25, 0.3) is 11.0 Å². The number of rotatable bonds is 8. The van der Waals surface area contributed by atoms with E-state index in [4.69, 9.17) is 15.2 Å². The lowest BCUT2D eigenvalue weighted by Crippen LogP contribution is -2.32. The van der Waals surface area contributed by atoms with Gasteiger partial charge in [0, 0.05) is 37.2 Å². The summed E-state index contributed by atoms with van der Waals surface area (Å²) in [6.45, 7) is 4.62. The molecule has 6 rings (SSSR count). The van der Waals surface area contributed by atoms with E-state index in [1.54, 1.807) is 13.3 Å². The van der Waals surface area contributed by atoms with Crippen LogP contribution in [-0.2, 0) is 17.8 Å². The lowest BCUT2D eigenvalue weighted by molar-refractivity contribution is -0.0177. The maximum Gasteiger partial charge on any atom is 0.222 e. The van der Waals surface area contributed by atoms with Gasteiger partial charge in [0.25, 0.3) is 0 Å². The van der Waals surface area contributed by atoms with E-state index >= 15 is 0 Å². The number of alkyl halides is 1.